The first kappa shape index (κ1) is 27.7. The van der Waals surface area contributed by atoms with E-state index in [1.165, 1.54) is 4.90 Å². The fraction of sp³-hybridized carbons (Fsp3) is 0.323. The van der Waals surface area contributed by atoms with Gasteiger partial charge in [0.05, 0.1) is 24.1 Å². The van der Waals surface area contributed by atoms with Gasteiger partial charge in [0.15, 0.2) is 11.2 Å². The highest BCUT2D eigenvalue weighted by atomic mass is 35.5. The number of ether oxygens (including phenoxy) is 1. The highest BCUT2D eigenvalue weighted by Crippen LogP contribution is 2.55. The summed E-state index contributed by atoms with van der Waals surface area (Å²) in [7, 11) is 1.55. The number of carbonyl (C=O) groups excluding carboxylic acids is 2. The summed E-state index contributed by atoms with van der Waals surface area (Å²) in [6.07, 6.45) is 3.85. The van der Waals surface area contributed by atoms with Gasteiger partial charge in [0.1, 0.15) is 5.82 Å². The van der Waals surface area contributed by atoms with Gasteiger partial charge >= 0.3 is 0 Å². The van der Waals surface area contributed by atoms with E-state index >= 15 is 0 Å². The molecule has 4 aromatic rings. The third-order valence-electron chi connectivity index (χ3n) is 8.44. The van der Waals surface area contributed by atoms with E-state index in [9.17, 15) is 9.59 Å². The molecule has 0 radical (unpaired) electrons. The molecule has 12 heteroatoms. The summed E-state index contributed by atoms with van der Waals surface area (Å²) in [6, 6.07) is 10.3. The summed E-state index contributed by atoms with van der Waals surface area (Å²) >= 11 is 12.8. The molecular weight excluding hydrogens is 589 g/mol. The van der Waals surface area contributed by atoms with Gasteiger partial charge in [0.2, 0.25) is 11.8 Å². The second-order valence-electron chi connectivity index (χ2n) is 11.3. The number of imidazole rings is 1. The van der Waals surface area contributed by atoms with Gasteiger partial charge < -0.3 is 19.5 Å². The van der Waals surface area contributed by atoms with E-state index < -0.39 is 17.4 Å². The first-order valence-electron chi connectivity index (χ1n) is 14.2. The molecule has 0 bridgehead atoms. The van der Waals surface area contributed by atoms with Crippen molar-refractivity contribution in [2.75, 3.05) is 35.3 Å². The van der Waals surface area contributed by atoms with Gasteiger partial charge in [-0.3, -0.25) is 14.5 Å². The van der Waals surface area contributed by atoms with Crippen LogP contribution in [0.5, 0.6) is 5.88 Å². The number of methoxy groups -OCH3 is 1. The van der Waals surface area contributed by atoms with E-state index in [-0.39, 0.29) is 11.7 Å². The van der Waals surface area contributed by atoms with Crippen LogP contribution < -0.4 is 19.9 Å². The van der Waals surface area contributed by atoms with Crippen LogP contribution in [0.25, 0.3) is 11.4 Å². The Morgan fingerprint density at radius 1 is 1.02 bits per heavy atom. The molecular formula is C31H29Cl2N7O3. The van der Waals surface area contributed by atoms with Crippen molar-refractivity contribution >= 4 is 52.3 Å². The summed E-state index contributed by atoms with van der Waals surface area (Å²) in [5.41, 5.74) is 1.96. The van der Waals surface area contributed by atoms with Crippen LogP contribution in [-0.2, 0) is 10.3 Å². The highest BCUT2D eigenvalue weighted by Gasteiger charge is 2.64. The van der Waals surface area contributed by atoms with Gasteiger partial charge in [-0.25, -0.2) is 9.97 Å². The number of benzene rings is 2. The number of hydrogen-bond acceptors (Lipinski definition) is 7. The zero-order chi connectivity index (χ0) is 30.2. The van der Waals surface area contributed by atoms with Gasteiger partial charge in [-0.05, 0) is 63.4 Å². The minimum Gasteiger partial charge on any atom is -0.480 e. The molecule has 3 aliphatic heterocycles. The summed E-state index contributed by atoms with van der Waals surface area (Å²) in [5.74, 6) is 0.555. The van der Waals surface area contributed by atoms with Crippen molar-refractivity contribution in [2.45, 2.75) is 45.2 Å². The van der Waals surface area contributed by atoms with Crippen LogP contribution in [0, 0.1) is 6.92 Å². The maximum Gasteiger partial charge on any atom is 0.280 e. The molecule has 1 spiro atoms. The first-order chi connectivity index (χ1) is 20.7. The molecule has 2 aromatic heterocycles. The van der Waals surface area contributed by atoms with Crippen LogP contribution >= 0.6 is 23.2 Å². The Morgan fingerprint density at radius 2 is 1.74 bits per heavy atom. The van der Waals surface area contributed by atoms with E-state index in [4.69, 9.17) is 37.9 Å². The average molecular weight is 619 g/mol. The van der Waals surface area contributed by atoms with E-state index in [2.05, 4.69) is 15.2 Å². The number of nitrogens with one attached hydrogen (secondary N) is 1. The third-order valence-corrected chi connectivity index (χ3v) is 8.91. The molecule has 7 rings (SSSR count). The average Bonchev–Trinajstić information content (AvgIpc) is 3.75. The lowest BCUT2D eigenvalue weighted by Gasteiger charge is -2.36. The number of amides is 2. The second kappa shape index (κ2) is 9.96. The zero-order valence-electron chi connectivity index (χ0n) is 24.1. The number of halogens is 2. The van der Waals surface area contributed by atoms with Crippen LogP contribution in [-0.4, -0.2) is 51.5 Å². The number of aromatic nitrogens is 4. The van der Waals surface area contributed by atoms with Crippen molar-refractivity contribution in [3.05, 3.63) is 75.2 Å². The Balaban J connectivity index is 1.52. The second-order valence-corrected chi connectivity index (χ2v) is 12.2. The normalized spacial score (nSPS) is 19.0. The van der Waals surface area contributed by atoms with Crippen molar-refractivity contribution in [2.24, 2.45) is 0 Å². The van der Waals surface area contributed by atoms with Crippen LogP contribution in [0.3, 0.4) is 0 Å². The van der Waals surface area contributed by atoms with Crippen LogP contribution in [0.2, 0.25) is 10.0 Å². The van der Waals surface area contributed by atoms with Crippen LogP contribution in [0.4, 0.5) is 17.3 Å². The first-order valence-corrected chi connectivity index (χ1v) is 14.9. The number of carbonyl (C=O) groups is 2. The van der Waals surface area contributed by atoms with E-state index in [1.54, 1.807) is 43.6 Å². The standard InChI is InChI=1S/C31H29Cl2N7O3/c1-16(2)39-25-24(36-26(39)20-15-34-30(37-27(20)43-4)38-11-5-6-12-38)28(41)40(23-14-19(33)8-7-17(23)3)31(25)21-10-9-18(32)13-22(21)35-29(31)42/h7-10,13-16H,5-6,11-12H2,1-4H3,(H,35,42)/t31-/m1/s1. The molecule has 2 amide bonds. The summed E-state index contributed by atoms with van der Waals surface area (Å²) in [5, 5.41) is 3.90. The number of nitrogens with zero attached hydrogens (tertiary/aromatic N) is 6. The van der Waals surface area contributed by atoms with Crippen molar-refractivity contribution in [1.29, 1.82) is 0 Å². The van der Waals surface area contributed by atoms with Crippen LogP contribution in [0.1, 0.15) is 60.0 Å². The lowest BCUT2D eigenvalue weighted by Crippen LogP contribution is -2.51. The molecule has 1 N–H and O–H groups in total. The molecule has 1 fully saturated rings. The third kappa shape index (κ3) is 3.89. The topological polar surface area (TPSA) is 105 Å². The lowest BCUT2D eigenvalue weighted by molar-refractivity contribution is -0.119. The number of rotatable bonds is 5. The van der Waals surface area contributed by atoms with E-state index in [0.717, 1.165) is 31.5 Å². The Hall–Kier alpha value is -4.15. The van der Waals surface area contributed by atoms with E-state index in [1.807, 2.05) is 31.4 Å². The molecule has 1 saturated heterocycles. The predicted molar refractivity (Wildman–Crippen MR) is 165 cm³/mol. The van der Waals surface area contributed by atoms with Gasteiger partial charge in [0.25, 0.3) is 11.8 Å². The monoisotopic (exact) mass is 617 g/mol. The molecule has 0 aliphatic carbocycles. The molecule has 5 heterocycles. The molecule has 0 saturated carbocycles. The maximum absolute atomic E-state index is 14.6. The quantitative estimate of drug-likeness (QED) is 0.293. The maximum atomic E-state index is 14.6. The molecule has 43 heavy (non-hydrogen) atoms. The largest absolute Gasteiger partial charge is 0.480 e. The smallest absolute Gasteiger partial charge is 0.280 e. The minimum atomic E-state index is -1.58. The SMILES string of the molecule is COc1nc(N2CCCC2)ncc1-c1nc2c(n1C(C)C)[C@]1(C(=O)Nc3cc(Cl)ccc31)N(c1cc(Cl)ccc1C)C2=O. The van der Waals surface area contributed by atoms with Crippen LogP contribution in [0.15, 0.2) is 42.6 Å². The van der Waals surface area contributed by atoms with Crippen molar-refractivity contribution in [3.63, 3.8) is 0 Å². The number of anilines is 3. The Labute approximate surface area is 258 Å². The molecule has 2 aromatic carbocycles. The number of fused-ring (bicyclic) bond motifs is 4. The summed E-state index contributed by atoms with van der Waals surface area (Å²) in [6.45, 7) is 7.61. The Morgan fingerprint density at radius 3 is 2.47 bits per heavy atom. The number of aryl methyl sites for hydroxylation is 1. The molecule has 220 valence electrons. The van der Waals surface area contributed by atoms with Gasteiger partial charge in [-0.1, -0.05) is 35.3 Å². The molecule has 1 atom stereocenters. The molecule has 0 unspecified atom stereocenters. The van der Waals surface area contributed by atoms with Gasteiger partial charge in [-0.2, -0.15) is 4.98 Å². The highest BCUT2D eigenvalue weighted by molar-refractivity contribution is 6.32. The van der Waals surface area contributed by atoms with E-state index in [0.29, 0.717) is 55.9 Å². The summed E-state index contributed by atoms with van der Waals surface area (Å²) < 4.78 is 7.68. The number of hydrogen-bond donors (Lipinski definition) is 1. The summed E-state index contributed by atoms with van der Waals surface area (Å²) in [4.78, 5) is 46.9. The van der Waals surface area contributed by atoms with Crippen molar-refractivity contribution < 1.29 is 14.3 Å². The zero-order valence-corrected chi connectivity index (χ0v) is 25.6. The lowest BCUT2D eigenvalue weighted by atomic mass is 9.86. The predicted octanol–water partition coefficient (Wildman–Crippen LogP) is 6.00. The minimum absolute atomic E-state index is 0.159. The molecule has 3 aliphatic rings. The molecule has 10 nitrogen and oxygen atoms in total. The van der Waals surface area contributed by atoms with Crippen molar-refractivity contribution in [1.82, 2.24) is 19.5 Å². The Kier molecular flexibility index (Phi) is 6.41. The fourth-order valence-electron chi connectivity index (χ4n) is 6.56. The Bertz CT molecular complexity index is 1830. The van der Waals surface area contributed by atoms with Crippen molar-refractivity contribution in [3.8, 4) is 17.3 Å². The fourth-order valence-corrected chi connectivity index (χ4v) is 6.90. The van der Waals surface area contributed by atoms with Gasteiger partial charge in [-0.15, -0.1) is 0 Å². The van der Waals surface area contributed by atoms with Gasteiger partial charge in [0, 0.05) is 46.6 Å².